The SMILES string of the molecule is CC1CCC(c2cnc(N)cn2)C1. The van der Waals surface area contributed by atoms with E-state index in [1.807, 2.05) is 6.20 Å². The van der Waals surface area contributed by atoms with Gasteiger partial charge >= 0.3 is 0 Å². The Kier molecular flexibility index (Phi) is 2.17. The number of aromatic nitrogens is 2. The molecule has 0 radical (unpaired) electrons. The van der Waals surface area contributed by atoms with Crippen molar-refractivity contribution in [3.63, 3.8) is 0 Å². The molecule has 1 aliphatic rings. The van der Waals surface area contributed by atoms with Gasteiger partial charge in [-0.05, 0) is 18.8 Å². The molecular formula is C10H15N3. The van der Waals surface area contributed by atoms with Crippen LogP contribution >= 0.6 is 0 Å². The monoisotopic (exact) mass is 177 g/mol. The smallest absolute Gasteiger partial charge is 0.141 e. The average Bonchev–Trinajstić information content (AvgIpc) is 2.53. The van der Waals surface area contributed by atoms with E-state index in [4.69, 9.17) is 5.73 Å². The molecule has 1 aliphatic carbocycles. The van der Waals surface area contributed by atoms with Gasteiger partial charge in [-0.15, -0.1) is 0 Å². The molecule has 1 aromatic rings. The number of rotatable bonds is 1. The van der Waals surface area contributed by atoms with Crippen molar-refractivity contribution in [2.24, 2.45) is 5.92 Å². The van der Waals surface area contributed by atoms with Crippen LogP contribution in [-0.4, -0.2) is 9.97 Å². The molecule has 0 saturated heterocycles. The van der Waals surface area contributed by atoms with Crippen LogP contribution in [-0.2, 0) is 0 Å². The fourth-order valence-electron chi connectivity index (χ4n) is 2.03. The van der Waals surface area contributed by atoms with Crippen LogP contribution in [0.25, 0.3) is 0 Å². The molecule has 2 N–H and O–H groups in total. The molecular weight excluding hydrogens is 162 g/mol. The highest BCUT2D eigenvalue weighted by Gasteiger charge is 2.23. The first-order valence-electron chi connectivity index (χ1n) is 4.83. The van der Waals surface area contributed by atoms with Gasteiger partial charge in [0.25, 0.3) is 0 Å². The van der Waals surface area contributed by atoms with E-state index in [-0.39, 0.29) is 0 Å². The minimum absolute atomic E-state index is 0.509. The van der Waals surface area contributed by atoms with Crippen molar-refractivity contribution in [3.05, 3.63) is 18.1 Å². The zero-order chi connectivity index (χ0) is 9.26. The molecule has 0 aromatic carbocycles. The van der Waals surface area contributed by atoms with Gasteiger partial charge in [0.05, 0.1) is 18.1 Å². The van der Waals surface area contributed by atoms with Gasteiger partial charge in [-0.1, -0.05) is 13.3 Å². The molecule has 0 aliphatic heterocycles. The first-order chi connectivity index (χ1) is 6.25. The zero-order valence-corrected chi connectivity index (χ0v) is 7.90. The number of nitrogens with zero attached hydrogens (tertiary/aromatic N) is 2. The molecule has 3 heteroatoms. The van der Waals surface area contributed by atoms with Crippen LogP contribution in [0.1, 0.15) is 37.8 Å². The Hall–Kier alpha value is -1.12. The van der Waals surface area contributed by atoms with Gasteiger partial charge in [-0.3, -0.25) is 4.98 Å². The highest BCUT2D eigenvalue weighted by molar-refractivity contribution is 5.24. The summed E-state index contributed by atoms with van der Waals surface area (Å²) in [4.78, 5) is 8.37. The second-order valence-electron chi connectivity index (χ2n) is 3.98. The average molecular weight is 177 g/mol. The highest BCUT2D eigenvalue weighted by Crippen LogP contribution is 2.36. The topological polar surface area (TPSA) is 51.8 Å². The third-order valence-electron chi connectivity index (χ3n) is 2.80. The van der Waals surface area contributed by atoms with Crippen LogP contribution in [0.3, 0.4) is 0 Å². The molecule has 0 spiro atoms. The molecule has 1 saturated carbocycles. The number of nitrogens with two attached hydrogens (primary N) is 1. The fraction of sp³-hybridized carbons (Fsp3) is 0.600. The molecule has 2 atom stereocenters. The van der Waals surface area contributed by atoms with Crippen molar-refractivity contribution in [1.29, 1.82) is 0 Å². The fourth-order valence-corrected chi connectivity index (χ4v) is 2.03. The van der Waals surface area contributed by atoms with Crippen LogP contribution in [0.2, 0.25) is 0 Å². The van der Waals surface area contributed by atoms with Crippen molar-refractivity contribution in [2.45, 2.75) is 32.1 Å². The number of hydrogen-bond donors (Lipinski definition) is 1. The lowest BCUT2D eigenvalue weighted by atomic mass is 10.0. The number of anilines is 1. The quantitative estimate of drug-likeness (QED) is 0.713. The Bertz CT molecular complexity index is 281. The lowest BCUT2D eigenvalue weighted by Gasteiger charge is -2.07. The summed E-state index contributed by atoms with van der Waals surface area (Å²) in [6, 6.07) is 0. The van der Waals surface area contributed by atoms with E-state index in [1.165, 1.54) is 19.3 Å². The van der Waals surface area contributed by atoms with Gasteiger partial charge in [-0.25, -0.2) is 4.98 Å². The molecule has 2 rings (SSSR count). The summed E-state index contributed by atoms with van der Waals surface area (Å²) in [5, 5.41) is 0. The van der Waals surface area contributed by atoms with Crippen molar-refractivity contribution in [3.8, 4) is 0 Å². The molecule has 1 fully saturated rings. The molecule has 0 amide bonds. The van der Waals surface area contributed by atoms with Gasteiger partial charge in [0.2, 0.25) is 0 Å². The van der Waals surface area contributed by atoms with Crippen molar-refractivity contribution in [1.82, 2.24) is 9.97 Å². The zero-order valence-electron chi connectivity index (χ0n) is 7.90. The Morgan fingerprint density at radius 2 is 2.15 bits per heavy atom. The molecule has 2 unspecified atom stereocenters. The Morgan fingerprint density at radius 3 is 2.69 bits per heavy atom. The third-order valence-corrected chi connectivity index (χ3v) is 2.80. The summed E-state index contributed by atoms with van der Waals surface area (Å²) in [5.74, 6) is 1.96. The van der Waals surface area contributed by atoms with E-state index in [9.17, 15) is 0 Å². The molecule has 13 heavy (non-hydrogen) atoms. The lowest BCUT2D eigenvalue weighted by molar-refractivity contribution is 0.591. The molecule has 1 aromatic heterocycles. The van der Waals surface area contributed by atoms with Crippen LogP contribution in [0.5, 0.6) is 0 Å². The van der Waals surface area contributed by atoms with Gasteiger partial charge in [-0.2, -0.15) is 0 Å². The minimum atomic E-state index is 0.509. The summed E-state index contributed by atoms with van der Waals surface area (Å²) in [6.45, 7) is 2.30. The summed E-state index contributed by atoms with van der Waals surface area (Å²) < 4.78 is 0. The maximum Gasteiger partial charge on any atom is 0.141 e. The predicted octanol–water partition coefficient (Wildman–Crippen LogP) is 1.96. The van der Waals surface area contributed by atoms with E-state index in [1.54, 1.807) is 6.20 Å². The van der Waals surface area contributed by atoms with Crippen molar-refractivity contribution in [2.75, 3.05) is 5.73 Å². The normalized spacial score (nSPS) is 27.8. The molecule has 0 bridgehead atoms. The third kappa shape index (κ3) is 1.79. The Balaban J connectivity index is 2.13. The second-order valence-corrected chi connectivity index (χ2v) is 3.98. The highest BCUT2D eigenvalue weighted by atomic mass is 14.9. The van der Waals surface area contributed by atoms with Crippen LogP contribution in [0, 0.1) is 5.92 Å². The van der Waals surface area contributed by atoms with E-state index >= 15 is 0 Å². The van der Waals surface area contributed by atoms with Crippen LogP contribution in [0.15, 0.2) is 12.4 Å². The standard InChI is InChI=1S/C10H15N3/c1-7-2-3-8(4-7)9-5-13-10(11)6-12-9/h5-8H,2-4H2,1H3,(H2,11,13). The lowest BCUT2D eigenvalue weighted by Crippen LogP contribution is -2.00. The Labute approximate surface area is 78.4 Å². The van der Waals surface area contributed by atoms with E-state index in [0.29, 0.717) is 11.7 Å². The van der Waals surface area contributed by atoms with Crippen LogP contribution in [0.4, 0.5) is 5.82 Å². The van der Waals surface area contributed by atoms with E-state index < -0.39 is 0 Å². The first kappa shape index (κ1) is 8.48. The predicted molar refractivity (Wildman–Crippen MR) is 52.2 cm³/mol. The van der Waals surface area contributed by atoms with E-state index in [2.05, 4.69) is 16.9 Å². The molecule has 1 heterocycles. The van der Waals surface area contributed by atoms with E-state index in [0.717, 1.165) is 11.6 Å². The maximum absolute atomic E-state index is 5.48. The van der Waals surface area contributed by atoms with Gasteiger partial charge < -0.3 is 5.73 Å². The number of hydrogen-bond acceptors (Lipinski definition) is 3. The summed E-state index contributed by atoms with van der Waals surface area (Å²) in [6.07, 6.45) is 7.28. The van der Waals surface area contributed by atoms with Crippen molar-refractivity contribution < 1.29 is 0 Å². The molecule has 70 valence electrons. The second kappa shape index (κ2) is 3.32. The Morgan fingerprint density at radius 1 is 1.31 bits per heavy atom. The summed E-state index contributed by atoms with van der Waals surface area (Å²) >= 11 is 0. The largest absolute Gasteiger partial charge is 0.382 e. The van der Waals surface area contributed by atoms with Gasteiger partial charge in [0.1, 0.15) is 5.82 Å². The summed E-state index contributed by atoms with van der Waals surface area (Å²) in [7, 11) is 0. The van der Waals surface area contributed by atoms with Crippen LogP contribution < -0.4 is 5.73 Å². The van der Waals surface area contributed by atoms with Gasteiger partial charge in [0.15, 0.2) is 0 Å². The minimum Gasteiger partial charge on any atom is -0.382 e. The number of nitrogen functional groups attached to an aromatic ring is 1. The maximum atomic E-state index is 5.48. The molecule has 3 nitrogen and oxygen atoms in total. The van der Waals surface area contributed by atoms with Gasteiger partial charge in [0, 0.05) is 5.92 Å². The van der Waals surface area contributed by atoms with Crippen molar-refractivity contribution >= 4 is 5.82 Å². The first-order valence-corrected chi connectivity index (χ1v) is 4.83. The summed E-state index contributed by atoms with van der Waals surface area (Å²) in [5.41, 5.74) is 6.59.